The van der Waals surface area contributed by atoms with Crippen LogP contribution in [0, 0.1) is 11.2 Å². The van der Waals surface area contributed by atoms with Gasteiger partial charge in [-0.25, -0.2) is 9.18 Å². The van der Waals surface area contributed by atoms with Gasteiger partial charge in [-0.3, -0.25) is 4.79 Å². The van der Waals surface area contributed by atoms with Crippen molar-refractivity contribution in [3.05, 3.63) is 30.1 Å². The maximum absolute atomic E-state index is 13.4. The topological polar surface area (TPSA) is 85.3 Å². The number of hydrogen-bond donors (Lipinski definition) is 2. The fraction of sp³-hybridized carbons (Fsp3) is 0.667. The van der Waals surface area contributed by atoms with Crippen molar-refractivity contribution in [3.63, 3.8) is 0 Å². The van der Waals surface area contributed by atoms with Gasteiger partial charge < -0.3 is 29.9 Å². The summed E-state index contributed by atoms with van der Waals surface area (Å²) in [5.74, 6) is -0.550. The zero-order chi connectivity index (χ0) is 23.6. The number of hydrogen-bond acceptors (Lipinski definition) is 5. The maximum Gasteiger partial charge on any atom is 0.322 e. The molecule has 0 bridgehead atoms. The molecule has 1 aromatic rings. The van der Waals surface area contributed by atoms with Gasteiger partial charge in [-0.2, -0.15) is 0 Å². The van der Waals surface area contributed by atoms with Crippen LogP contribution in [0.1, 0.15) is 32.6 Å². The molecule has 2 saturated heterocycles. The summed E-state index contributed by atoms with van der Waals surface area (Å²) in [5, 5.41) is 13.1. The number of β-amino-alcohol motifs (C(OH)–C–C–N with tert-alkyl or cyclic N) is 1. The summed E-state index contributed by atoms with van der Waals surface area (Å²) in [5.41, 5.74) is 0.534. The lowest BCUT2D eigenvalue weighted by Crippen LogP contribution is -2.61. The Labute approximate surface area is 194 Å². The highest BCUT2D eigenvalue weighted by atomic mass is 19.1. The summed E-state index contributed by atoms with van der Waals surface area (Å²) in [7, 11) is 1.63. The molecule has 1 saturated carbocycles. The molecule has 3 amide bonds. The number of methoxy groups -OCH3 is 1. The van der Waals surface area contributed by atoms with Crippen molar-refractivity contribution in [1.29, 1.82) is 0 Å². The first-order chi connectivity index (χ1) is 15.8. The average molecular weight is 463 g/mol. The number of amides is 3. The molecular formula is C24H35FN4O4. The number of piperazine rings is 1. The van der Waals surface area contributed by atoms with Crippen LogP contribution in [0.2, 0.25) is 0 Å². The van der Waals surface area contributed by atoms with Crippen molar-refractivity contribution in [1.82, 2.24) is 14.7 Å². The molecule has 33 heavy (non-hydrogen) atoms. The number of aliphatic hydroxyl groups excluding tert-OH is 1. The van der Waals surface area contributed by atoms with E-state index in [1.165, 1.54) is 23.1 Å². The van der Waals surface area contributed by atoms with Crippen molar-refractivity contribution in [3.8, 4) is 0 Å². The van der Waals surface area contributed by atoms with E-state index in [-0.39, 0.29) is 23.5 Å². The Kier molecular flexibility index (Phi) is 7.21. The van der Waals surface area contributed by atoms with Gasteiger partial charge in [0.15, 0.2) is 0 Å². The first-order valence-electron chi connectivity index (χ1n) is 11.9. The molecule has 8 nitrogen and oxygen atoms in total. The molecule has 0 radical (unpaired) electrons. The van der Waals surface area contributed by atoms with Crippen LogP contribution < -0.4 is 5.32 Å². The van der Waals surface area contributed by atoms with Gasteiger partial charge in [-0.15, -0.1) is 0 Å². The number of piperidine rings is 1. The normalized spacial score (nSPS) is 25.9. The van der Waals surface area contributed by atoms with E-state index in [0.717, 1.165) is 38.8 Å². The number of urea groups is 1. The maximum atomic E-state index is 13.4. The lowest BCUT2D eigenvalue weighted by Gasteiger charge is -2.43. The van der Waals surface area contributed by atoms with E-state index in [0.29, 0.717) is 31.9 Å². The van der Waals surface area contributed by atoms with Gasteiger partial charge >= 0.3 is 6.03 Å². The van der Waals surface area contributed by atoms with Crippen molar-refractivity contribution in [2.45, 2.75) is 50.8 Å². The molecule has 3 atom stereocenters. The fourth-order valence-corrected chi connectivity index (χ4v) is 5.17. The molecular weight excluding hydrogens is 427 g/mol. The summed E-state index contributed by atoms with van der Waals surface area (Å²) < 4.78 is 18.8. The molecule has 9 heteroatoms. The fourth-order valence-electron chi connectivity index (χ4n) is 5.17. The summed E-state index contributed by atoms with van der Waals surface area (Å²) in [6.45, 7) is 5.42. The number of halogens is 1. The number of benzene rings is 1. The molecule has 2 heterocycles. The third kappa shape index (κ3) is 5.31. The zero-order valence-electron chi connectivity index (χ0n) is 19.5. The van der Waals surface area contributed by atoms with E-state index in [4.69, 9.17) is 4.74 Å². The van der Waals surface area contributed by atoms with Gasteiger partial charge in [0.1, 0.15) is 11.9 Å². The summed E-state index contributed by atoms with van der Waals surface area (Å²) >= 11 is 0. The van der Waals surface area contributed by atoms with Crippen LogP contribution in [-0.4, -0.2) is 96.4 Å². The SMILES string of the molecule is COCC(CCN1CCC2(CC2)C(O)C1)N1CCN(C(=O)Nc2cccc(F)c2)C(C)C1=O. The van der Waals surface area contributed by atoms with Crippen molar-refractivity contribution >= 4 is 17.6 Å². The van der Waals surface area contributed by atoms with Crippen molar-refractivity contribution in [2.75, 3.05) is 51.8 Å². The molecule has 1 aromatic carbocycles. The van der Waals surface area contributed by atoms with Gasteiger partial charge in [-0.05, 0) is 62.8 Å². The summed E-state index contributed by atoms with van der Waals surface area (Å²) in [6, 6.07) is 4.56. The lowest BCUT2D eigenvalue weighted by atomic mass is 9.90. The molecule has 1 spiro atoms. The van der Waals surface area contributed by atoms with Gasteiger partial charge in [-0.1, -0.05) is 6.07 Å². The monoisotopic (exact) mass is 462 g/mol. The summed E-state index contributed by atoms with van der Waals surface area (Å²) in [4.78, 5) is 31.5. The predicted octanol–water partition coefficient (Wildman–Crippen LogP) is 2.14. The Balaban J connectivity index is 1.32. The Hall–Kier alpha value is -2.23. The van der Waals surface area contributed by atoms with Crippen LogP contribution in [0.5, 0.6) is 0 Å². The standard InChI is InChI=1S/C24H35FN4O4/c1-17-22(31)29(13-12-28(17)23(32)26-19-5-3-4-18(25)14-19)20(16-33-2)6-10-27-11-9-24(7-8-24)21(30)15-27/h3-5,14,17,20-21,30H,6-13,15-16H2,1-2H3,(H,26,32). The number of likely N-dealkylation sites (tertiary alicyclic amines) is 1. The molecule has 3 unspecified atom stereocenters. The molecule has 3 aliphatic rings. The zero-order valence-corrected chi connectivity index (χ0v) is 19.5. The van der Waals surface area contributed by atoms with E-state index < -0.39 is 17.9 Å². The van der Waals surface area contributed by atoms with E-state index in [1.54, 1.807) is 20.1 Å². The Morgan fingerprint density at radius 3 is 2.76 bits per heavy atom. The Morgan fingerprint density at radius 1 is 1.30 bits per heavy atom. The Morgan fingerprint density at radius 2 is 2.09 bits per heavy atom. The van der Waals surface area contributed by atoms with E-state index in [2.05, 4.69) is 10.2 Å². The number of carbonyl (C=O) groups excluding carboxylic acids is 2. The van der Waals surface area contributed by atoms with E-state index >= 15 is 0 Å². The number of ether oxygens (including phenoxy) is 1. The molecule has 3 fully saturated rings. The number of rotatable bonds is 7. The lowest BCUT2D eigenvalue weighted by molar-refractivity contribution is -0.143. The first kappa shape index (κ1) is 23.9. The number of carbonyl (C=O) groups is 2. The minimum Gasteiger partial charge on any atom is -0.391 e. The molecule has 2 aliphatic heterocycles. The third-order valence-corrected chi connectivity index (χ3v) is 7.56. The number of nitrogens with one attached hydrogen (secondary N) is 1. The largest absolute Gasteiger partial charge is 0.391 e. The van der Waals surface area contributed by atoms with Gasteiger partial charge in [0, 0.05) is 39.0 Å². The highest BCUT2D eigenvalue weighted by Gasteiger charge is 2.51. The number of aliphatic hydroxyl groups is 1. The average Bonchev–Trinajstić information content (AvgIpc) is 3.56. The molecule has 182 valence electrons. The van der Waals surface area contributed by atoms with Gasteiger partial charge in [0.25, 0.3) is 0 Å². The van der Waals surface area contributed by atoms with Gasteiger partial charge in [0.2, 0.25) is 5.91 Å². The first-order valence-corrected chi connectivity index (χ1v) is 11.9. The van der Waals surface area contributed by atoms with Crippen LogP contribution in [0.3, 0.4) is 0 Å². The molecule has 1 aliphatic carbocycles. The van der Waals surface area contributed by atoms with Crippen LogP contribution in [0.4, 0.5) is 14.9 Å². The molecule has 0 aromatic heterocycles. The van der Waals surface area contributed by atoms with E-state index in [1.807, 2.05) is 4.90 Å². The molecule has 4 rings (SSSR count). The van der Waals surface area contributed by atoms with E-state index in [9.17, 15) is 19.1 Å². The minimum absolute atomic E-state index is 0.0904. The second-order valence-electron chi connectivity index (χ2n) is 9.67. The number of nitrogens with zero attached hydrogens (tertiary/aromatic N) is 3. The highest BCUT2D eigenvalue weighted by molar-refractivity contribution is 5.94. The highest BCUT2D eigenvalue weighted by Crippen LogP contribution is 2.53. The van der Waals surface area contributed by atoms with Crippen LogP contribution in [0.15, 0.2) is 24.3 Å². The van der Waals surface area contributed by atoms with Crippen LogP contribution in [-0.2, 0) is 9.53 Å². The minimum atomic E-state index is -0.627. The second-order valence-corrected chi connectivity index (χ2v) is 9.67. The van der Waals surface area contributed by atoms with Gasteiger partial charge in [0.05, 0.1) is 18.8 Å². The van der Waals surface area contributed by atoms with Crippen molar-refractivity contribution < 1.29 is 23.8 Å². The second kappa shape index (κ2) is 9.95. The quantitative estimate of drug-likeness (QED) is 0.649. The Bertz CT molecular complexity index is 865. The number of anilines is 1. The van der Waals surface area contributed by atoms with Crippen LogP contribution >= 0.6 is 0 Å². The smallest absolute Gasteiger partial charge is 0.322 e. The van der Waals surface area contributed by atoms with Crippen LogP contribution in [0.25, 0.3) is 0 Å². The third-order valence-electron chi connectivity index (χ3n) is 7.56. The van der Waals surface area contributed by atoms with Crippen molar-refractivity contribution in [2.24, 2.45) is 5.41 Å². The summed E-state index contributed by atoms with van der Waals surface area (Å²) in [6.07, 6.45) is 3.81. The predicted molar refractivity (Wildman–Crippen MR) is 122 cm³/mol. The molecule has 2 N–H and O–H groups in total.